The van der Waals surface area contributed by atoms with Crippen LogP contribution in [0.25, 0.3) is 11.3 Å². The van der Waals surface area contributed by atoms with Crippen LogP contribution in [0, 0.1) is 0 Å². The fraction of sp³-hybridized carbons (Fsp3) is 0.400. The predicted molar refractivity (Wildman–Crippen MR) is 103 cm³/mol. The SMILES string of the molecule is CC(C)OC(=O)c1cccc(-c2cc(C(N)=O)nc(N3CCCCC3)n2)c1. The first-order valence-electron chi connectivity index (χ1n) is 9.19. The van der Waals surface area contributed by atoms with Gasteiger partial charge in [0.15, 0.2) is 0 Å². The molecule has 7 nitrogen and oxygen atoms in total. The van der Waals surface area contributed by atoms with Crippen LogP contribution < -0.4 is 10.6 Å². The molecule has 1 aliphatic rings. The number of carbonyl (C=O) groups is 2. The van der Waals surface area contributed by atoms with Crippen molar-refractivity contribution in [2.75, 3.05) is 18.0 Å². The summed E-state index contributed by atoms with van der Waals surface area (Å²) in [5.41, 5.74) is 7.32. The number of anilines is 1. The summed E-state index contributed by atoms with van der Waals surface area (Å²) < 4.78 is 5.25. The van der Waals surface area contributed by atoms with E-state index in [9.17, 15) is 9.59 Å². The van der Waals surface area contributed by atoms with Gasteiger partial charge in [0.25, 0.3) is 5.91 Å². The summed E-state index contributed by atoms with van der Waals surface area (Å²) in [5, 5.41) is 0. The molecule has 0 atom stereocenters. The smallest absolute Gasteiger partial charge is 0.338 e. The molecule has 0 unspecified atom stereocenters. The number of nitrogens with zero attached hydrogens (tertiary/aromatic N) is 3. The van der Waals surface area contributed by atoms with Gasteiger partial charge in [0.1, 0.15) is 5.69 Å². The molecule has 1 amide bonds. The van der Waals surface area contributed by atoms with E-state index in [-0.39, 0.29) is 11.8 Å². The number of benzene rings is 1. The third-order valence-electron chi connectivity index (χ3n) is 4.34. The Morgan fingerprint density at radius 1 is 1.11 bits per heavy atom. The molecule has 0 spiro atoms. The number of ether oxygens (including phenoxy) is 1. The summed E-state index contributed by atoms with van der Waals surface area (Å²) in [6.45, 7) is 5.30. The summed E-state index contributed by atoms with van der Waals surface area (Å²) in [6.07, 6.45) is 3.11. The second-order valence-electron chi connectivity index (χ2n) is 6.89. The highest BCUT2D eigenvalue weighted by Gasteiger charge is 2.18. The first-order chi connectivity index (χ1) is 12.9. The van der Waals surface area contributed by atoms with Crippen molar-refractivity contribution >= 4 is 17.8 Å². The maximum atomic E-state index is 12.2. The topological polar surface area (TPSA) is 98.4 Å². The molecule has 27 heavy (non-hydrogen) atoms. The van der Waals surface area contributed by atoms with Gasteiger partial charge in [-0.3, -0.25) is 4.79 Å². The van der Waals surface area contributed by atoms with Gasteiger partial charge in [0, 0.05) is 18.7 Å². The van der Waals surface area contributed by atoms with E-state index in [0.29, 0.717) is 22.8 Å². The van der Waals surface area contributed by atoms with E-state index >= 15 is 0 Å². The summed E-state index contributed by atoms with van der Waals surface area (Å²) in [5.74, 6) is -0.504. The van der Waals surface area contributed by atoms with Crippen molar-refractivity contribution in [1.29, 1.82) is 0 Å². The van der Waals surface area contributed by atoms with Gasteiger partial charge in [-0.2, -0.15) is 0 Å². The van der Waals surface area contributed by atoms with Crippen molar-refractivity contribution in [3.8, 4) is 11.3 Å². The molecule has 3 rings (SSSR count). The van der Waals surface area contributed by atoms with Crippen molar-refractivity contribution in [2.45, 2.75) is 39.2 Å². The Labute approximate surface area is 158 Å². The van der Waals surface area contributed by atoms with Crippen LogP contribution in [0.5, 0.6) is 0 Å². The predicted octanol–water partition coefficient (Wildman–Crippen LogP) is 2.80. The summed E-state index contributed by atoms with van der Waals surface area (Å²) in [6, 6.07) is 8.55. The van der Waals surface area contributed by atoms with Gasteiger partial charge in [-0.1, -0.05) is 12.1 Å². The van der Waals surface area contributed by atoms with Gasteiger partial charge >= 0.3 is 5.97 Å². The van der Waals surface area contributed by atoms with Gasteiger partial charge in [-0.05, 0) is 51.3 Å². The Kier molecular flexibility index (Phi) is 5.69. The van der Waals surface area contributed by atoms with Crippen molar-refractivity contribution in [3.05, 3.63) is 41.6 Å². The zero-order chi connectivity index (χ0) is 19.4. The highest BCUT2D eigenvalue weighted by molar-refractivity contribution is 5.93. The van der Waals surface area contributed by atoms with Crippen LogP contribution in [0.3, 0.4) is 0 Å². The van der Waals surface area contributed by atoms with Crippen LogP contribution in [-0.4, -0.2) is 41.0 Å². The number of hydrogen-bond donors (Lipinski definition) is 1. The number of carbonyl (C=O) groups excluding carboxylic acids is 2. The normalized spacial score (nSPS) is 14.3. The van der Waals surface area contributed by atoms with E-state index in [1.54, 1.807) is 38.1 Å². The van der Waals surface area contributed by atoms with E-state index in [0.717, 1.165) is 25.9 Å². The van der Waals surface area contributed by atoms with Gasteiger partial charge in [-0.25, -0.2) is 14.8 Å². The molecule has 1 saturated heterocycles. The molecular weight excluding hydrogens is 344 g/mol. The highest BCUT2D eigenvalue weighted by Crippen LogP contribution is 2.24. The fourth-order valence-electron chi connectivity index (χ4n) is 3.03. The van der Waals surface area contributed by atoms with E-state index in [2.05, 4.69) is 14.9 Å². The lowest BCUT2D eigenvalue weighted by Gasteiger charge is -2.27. The monoisotopic (exact) mass is 368 g/mol. The van der Waals surface area contributed by atoms with Crippen LogP contribution >= 0.6 is 0 Å². The van der Waals surface area contributed by atoms with Gasteiger partial charge in [0.2, 0.25) is 5.95 Å². The zero-order valence-corrected chi connectivity index (χ0v) is 15.6. The summed E-state index contributed by atoms with van der Waals surface area (Å²) >= 11 is 0. The Morgan fingerprint density at radius 3 is 2.52 bits per heavy atom. The minimum absolute atomic E-state index is 0.163. The van der Waals surface area contributed by atoms with Gasteiger partial charge in [-0.15, -0.1) is 0 Å². The van der Waals surface area contributed by atoms with E-state index < -0.39 is 11.9 Å². The lowest BCUT2D eigenvalue weighted by Crippen LogP contribution is -2.31. The van der Waals surface area contributed by atoms with Crippen LogP contribution in [0.2, 0.25) is 0 Å². The highest BCUT2D eigenvalue weighted by atomic mass is 16.5. The number of amides is 1. The first kappa shape index (κ1) is 18.8. The standard InChI is InChI=1S/C20H24N4O3/c1-13(2)27-19(26)15-8-6-7-14(11-15)16-12-17(18(21)25)23-20(22-16)24-9-4-3-5-10-24/h6-8,11-13H,3-5,9-10H2,1-2H3,(H2,21,25). The molecule has 1 aromatic heterocycles. The van der Waals surface area contributed by atoms with Crippen LogP contribution in [-0.2, 0) is 4.74 Å². The first-order valence-corrected chi connectivity index (χ1v) is 9.19. The molecule has 2 heterocycles. The van der Waals surface area contributed by atoms with Crippen molar-refractivity contribution in [3.63, 3.8) is 0 Å². The molecule has 0 radical (unpaired) electrons. The lowest BCUT2D eigenvalue weighted by atomic mass is 10.1. The third kappa shape index (κ3) is 4.61. The molecule has 0 aliphatic carbocycles. The molecule has 1 aromatic carbocycles. The van der Waals surface area contributed by atoms with Gasteiger partial charge < -0.3 is 15.4 Å². The number of rotatable bonds is 5. The number of aromatic nitrogens is 2. The van der Waals surface area contributed by atoms with Crippen molar-refractivity contribution in [1.82, 2.24) is 9.97 Å². The Balaban J connectivity index is 1.99. The van der Waals surface area contributed by atoms with Crippen molar-refractivity contribution < 1.29 is 14.3 Å². The van der Waals surface area contributed by atoms with Crippen molar-refractivity contribution in [2.24, 2.45) is 5.73 Å². The van der Waals surface area contributed by atoms with E-state index in [1.165, 1.54) is 6.42 Å². The van der Waals surface area contributed by atoms with E-state index in [4.69, 9.17) is 10.5 Å². The number of hydrogen-bond acceptors (Lipinski definition) is 6. The van der Waals surface area contributed by atoms with Crippen LogP contribution in [0.1, 0.15) is 54.0 Å². The third-order valence-corrected chi connectivity index (χ3v) is 4.34. The quantitative estimate of drug-likeness (QED) is 0.815. The molecule has 0 saturated carbocycles. The average Bonchev–Trinajstić information content (AvgIpc) is 2.68. The van der Waals surface area contributed by atoms with E-state index in [1.807, 2.05) is 6.07 Å². The molecule has 1 fully saturated rings. The molecule has 2 aromatic rings. The second kappa shape index (κ2) is 8.16. The molecule has 142 valence electrons. The number of piperidine rings is 1. The average molecular weight is 368 g/mol. The largest absolute Gasteiger partial charge is 0.459 e. The van der Waals surface area contributed by atoms with Crippen LogP contribution in [0.4, 0.5) is 5.95 Å². The minimum atomic E-state index is -0.604. The maximum Gasteiger partial charge on any atom is 0.338 e. The summed E-state index contributed by atoms with van der Waals surface area (Å²) in [7, 11) is 0. The lowest BCUT2D eigenvalue weighted by molar-refractivity contribution is 0.0378. The van der Waals surface area contributed by atoms with Gasteiger partial charge in [0.05, 0.1) is 17.4 Å². The molecule has 1 aliphatic heterocycles. The maximum absolute atomic E-state index is 12.2. The number of primary amides is 1. The second-order valence-corrected chi connectivity index (χ2v) is 6.89. The molecule has 0 bridgehead atoms. The Bertz CT molecular complexity index is 845. The molecule has 7 heteroatoms. The Hall–Kier alpha value is -2.96. The fourth-order valence-corrected chi connectivity index (χ4v) is 3.03. The van der Waals surface area contributed by atoms with Crippen LogP contribution in [0.15, 0.2) is 30.3 Å². The molecular formula is C20H24N4O3. The minimum Gasteiger partial charge on any atom is -0.459 e. The Morgan fingerprint density at radius 2 is 1.85 bits per heavy atom. The zero-order valence-electron chi connectivity index (χ0n) is 15.6. The summed E-state index contributed by atoms with van der Waals surface area (Å²) in [4.78, 5) is 35.0. The number of nitrogens with two attached hydrogens (primary N) is 1. The number of esters is 1. The molecule has 2 N–H and O–H groups in total.